The van der Waals surface area contributed by atoms with E-state index in [9.17, 15) is 9.18 Å². The summed E-state index contributed by atoms with van der Waals surface area (Å²) in [4.78, 5) is 16.7. The SMILES string of the molecule is COCCCNC(=O)c1ccccc1-c1ncc(-c2ccccc2F)o1. The second kappa shape index (κ2) is 8.40. The molecule has 3 rings (SSSR count). The maximum absolute atomic E-state index is 13.9. The number of aromatic nitrogens is 1. The van der Waals surface area contributed by atoms with Gasteiger partial charge in [-0.25, -0.2) is 9.37 Å². The van der Waals surface area contributed by atoms with Gasteiger partial charge in [0.15, 0.2) is 5.76 Å². The number of benzene rings is 2. The van der Waals surface area contributed by atoms with Crippen LogP contribution in [0.1, 0.15) is 16.8 Å². The number of rotatable bonds is 7. The van der Waals surface area contributed by atoms with E-state index in [1.807, 2.05) is 0 Å². The molecule has 0 spiro atoms. The Morgan fingerprint density at radius 1 is 1.15 bits per heavy atom. The largest absolute Gasteiger partial charge is 0.436 e. The maximum atomic E-state index is 13.9. The van der Waals surface area contributed by atoms with Crippen molar-refractivity contribution in [2.24, 2.45) is 0 Å². The van der Waals surface area contributed by atoms with E-state index >= 15 is 0 Å². The first kappa shape index (κ1) is 17.8. The fourth-order valence-electron chi connectivity index (χ4n) is 2.57. The second-order valence-corrected chi connectivity index (χ2v) is 5.66. The molecule has 134 valence electrons. The van der Waals surface area contributed by atoms with Crippen molar-refractivity contribution >= 4 is 5.91 Å². The molecule has 3 aromatic rings. The summed E-state index contributed by atoms with van der Waals surface area (Å²) in [6, 6.07) is 13.3. The van der Waals surface area contributed by atoms with Crippen LogP contribution in [0.15, 0.2) is 59.1 Å². The summed E-state index contributed by atoms with van der Waals surface area (Å²) in [5.74, 6) is -0.0268. The summed E-state index contributed by atoms with van der Waals surface area (Å²) < 4.78 is 24.6. The van der Waals surface area contributed by atoms with Crippen molar-refractivity contribution in [3.63, 3.8) is 0 Å². The molecular weight excluding hydrogens is 335 g/mol. The number of nitrogens with one attached hydrogen (secondary N) is 1. The van der Waals surface area contributed by atoms with Crippen LogP contribution in [-0.2, 0) is 4.74 Å². The molecule has 2 aromatic carbocycles. The number of hydrogen-bond acceptors (Lipinski definition) is 4. The zero-order valence-electron chi connectivity index (χ0n) is 14.4. The van der Waals surface area contributed by atoms with Gasteiger partial charge in [-0.05, 0) is 30.7 Å². The lowest BCUT2D eigenvalue weighted by atomic mass is 10.1. The predicted molar refractivity (Wildman–Crippen MR) is 96.2 cm³/mol. The predicted octanol–water partition coefficient (Wildman–Crippen LogP) is 3.91. The van der Waals surface area contributed by atoms with E-state index in [1.165, 1.54) is 12.3 Å². The van der Waals surface area contributed by atoms with E-state index in [4.69, 9.17) is 9.15 Å². The van der Waals surface area contributed by atoms with Crippen LogP contribution in [-0.4, -0.2) is 31.2 Å². The number of nitrogens with zero attached hydrogens (tertiary/aromatic N) is 1. The normalized spacial score (nSPS) is 10.7. The molecule has 0 bridgehead atoms. The molecule has 6 heteroatoms. The average molecular weight is 354 g/mol. The van der Waals surface area contributed by atoms with Gasteiger partial charge in [0.1, 0.15) is 5.82 Å². The lowest BCUT2D eigenvalue weighted by molar-refractivity contribution is 0.0949. The summed E-state index contributed by atoms with van der Waals surface area (Å²) in [6.45, 7) is 1.08. The van der Waals surface area contributed by atoms with Crippen molar-refractivity contribution in [2.45, 2.75) is 6.42 Å². The van der Waals surface area contributed by atoms with Crippen LogP contribution in [0.25, 0.3) is 22.8 Å². The Bertz CT molecular complexity index is 892. The van der Waals surface area contributed by atoms with Crippen LogP contribution in [0.5, 0.6) is 0 Å². The van der Waals surface area contributed by atoms with Crippen LogP contribution in [0.4, 0.5) is 4.39 Å². The molecule has 1 heterocycles. The zero-order chi connectivity index (χ0) is 18.4. The maximum Gasteiger partial charge on any atom is 0.252 e. The van der Waals surface area contributed by atoms with Crippen LogP contribution < -0.4 is 5.32 Å². The number of hydrogen-bond donors (Lipinski definition) is 1. The second-order valence-electron chi connectivity index (χ2n) is 5.66. The van der Waals surface area contributed by atoms with Gasteiger partial charge in [-0.1, -0.05) is 24.3 Å². The molecule has 0 unspecified atom stereocenters. The fraction of sp³-hybridized carbons (Fsp3) is 0.200. The minimum absolute atomic E-state index is 0.220. The molecule has 1 N–H and O–H groups in total. The number of carbonyl (C=O) groups excluding carboxylic acids is 1. The van der Waals surface area contributed by atoms with Gasteiger partial charge in [0.25, 0.3) is 5.91 Å². The molecule has 1 aromatic heterocycles. The Labute approximate surface area is 150 Å². The first-order chi connectivity index (χ1) is 12.7. The number of halogens is 1. The number of carbonyl (C=O) groups is 1. The Balaban J connectivity index is 1.84. The first-order valence-corrected chi connectivity index (χ1v) is 8.28. The Kier molecular flexibility index (Phi) is 5.76. The highest BCUT2D eigenvalue weighted by Gasteiger charge is 2.17. The molecule has 26 heavy (non-hydrogen) atoms. The summed E-state index contributed by atoms with van der Waals surface area (Å²) in [7, 11) is 1.62. The highest BCUT2D eigenvalue weighted by Crippen LogP contribution is 2.29. The van der Waals surface area contributed by atoms with Crippen molar-refractivity contribution in [3.05, 3.63) is 66.1 Å². The minimum Gasteiger partial charge on any atom is -0.436 e. The molecule has 0 aliphatic heterocycles. The summed E-state index contributed by atoms with van der Waals surface area (Å²) in [5.41, 5.74) is 1.33. The van der Waals surface area contributed by atoms with Gasteiger partial charge in [0, 0.05) is 25.8 Å². The van der Waals surface area contributed by atoms with E-state index in [1.54, 1.807) is 49.6 Å². The smallest absolute Gasteiger partial charge is 0.252 e. The minimum atomic E-state index is -0.389. The van der Waals surface area contributed by atoms with E-state index in [2.05, 4.69) is 10.3 Å². The molecule has 0 atom stereocenters. The zero-order valence-corrected chi connectivity index (χ0v) is 14.4. The van der Waals surface area contributed by atoms with E-state index in [-0.39, 0.29) is 17.6 Å². The van der Waals surface area contributed by atoms with E-state index < -0.39 is 0 Å². The standard InChI is InChI=1S/C20H19FN2O3/c1-25-12-6-11-22-19(24)14-7-2-3-8-15(14)20-23-13-18(26-20)16-9-4-5-10-17(16)21/h2-5,7-10,13H,6,11-12H2,1H3,(H,22,24). The molecule has 0 saturated heterocycles. The summed E-state index contributed by atoms with van der Waals surface area (Å²) >= 11 is 0. The van der Waals surface area contributed by atoms with Gasteiger partial charge in [-0.2, -0.15) is 0 Å². The molecule has 1 amide bonds. The average Bonchev–Trinajstić information content (AvgIpc) is 3.15. The highest BCUT2D eigenvalue weighted by molar-refractivity contribution is 6.00. The van der Waals surface area contributed by atoms with Crippen molar-refractivity contribution in [2.75, 3.05) is 20.3 Å². The van der Waals surface area contributed by atoms with Gasteiger partial charge in [0.05, 0.1) is 17.3 Å². The Morgan fingerprint density at radius 3 is 2.65 bits per heavy atom. The molecule has 5 nitrogen and oxygen atoms in total. The summed E-state index contributed by atoms with van der Waals surface area (Å²) in [5, 5.41) is 2.84. The third-order valence-electron chi connectivity index (χ3n) is 3.86. The molecule has 0 radical (unpaired) electrons. The fourth-order valence-corrected chi connectivity index (χ4v) is 2.57. The summed E-state index contributed by atoms with van der Waals surface area (Å²) in [6.07, 6.45) is 2.18. The highest BCUT2D eigenvalue weighted by atomic mass is 19.1. The lowest BCUT2D eigenvalue weighted by Gasteiger charge is -2.08. The monoisotopic (exact) mass is 354 g/mol. The topological polar surface area (TPSA) is 64.4 Å². The van der Waals surface area contributed by atoms with Gasteiger partial charge < -0.3 is 14.5 Å². The van der Waals surface area contributed by atoms with Crippen molar-refractivity contribution in [3.8, 4) is 22.8 Å². The van der Waals surface area contributed by atoms with Crippen LogP contribution >= 0.6 is 0 Å². The molecule has 0 aliphatic carbocycles. The van der Waals surface area contributed by atoms with E-state index in [0.29, 0.717) is 35.6 Å². The van der Waals surface area contributed by atoms with Gasteiger partial charge in [0.2, 0.25) is 5.89 Å². The van der Waals surface area contributed by atoms with Crippen LogP contribution in [0, 0.1) is 5.82 Å². The molecular formula is C20H19FN2O3. The van der Waals surface area contributed by atoms with Crippen molar-refractivity contribution in [1.29, 1.82) is 0 Å². The number of ether oxygens (including phenoxy) is 1. The van der Waals surface area contributed by atoms with Gasteiger partial charge in [-0.15, -0.1) is 0 Å². The van der Waals surface area contributed by atoms with E-state index in [0.717, 1.165) is 6.42 Å². The van der Waals surface area contributed by atoms with Crippen LogP contribution in [0.2, 0.25) is 0 Å². The third kappa shape index (κ3) is 3.97. The quantitative estimate of drug-likeness (QED) is 0.653. The van der Waals surface area contributed by atoms with Gasteiger partial charge >= 0.3 is 0 Å². The Morgan fingerprint density at radius 2 is 1.88 bits per heavy atom. The lowest BCUT2D eigenvalue weighted by Crippen LogP contribution is -2.25. The molecule has 0 aliphatic rings. The number of amides is 1. The third-order valence-corrected chi connectivity index (χ3v) is 3.86. The number of oxazole rings is 1. The van der Waals surface area contributed by atoms with Crippen molar-refractivity contribution in [1.82, 2.24) is 10.3 Å². The van der Waals surface area contributed by atoms with Gasteiger partial charge in [-0.3, -0.25) is 4.79 Å². The molecule has 0 saturated carbocycles. The first-order valence-electron chi connectivity index (χ1n) is 8.28. The van der Waals surface area contributed by atoms with Crippen molar-refractivity contribution < 1.29 is 18.3 Å². The van der Waals surface area contributed by atoms with Crippen LogP contribution in [0.3, 0.4) is 0 Å². The Hall–Kier alpha value is -2.99. The number of methoxy groups -OCH3 is 1. The molecule has 0 fully saturated rings.